The molecule has 6 heteroatoms. The van der Waals surface area contributed by atoms with Gasteiger partial charge in [-0.2, -0.15) is 16.9 Å². The number of nitrogens with two attached hydrogens (primary N) is 1. The standard InChI is InChI=1S/C7H12N4OS/c1-13-3-2-6(12)10-7-5(8)4-9-11-7/h4H,2-3,8H2,1H3,(H2,9,10,11,12). The van der Waals surface area contributed by atoms with Gasteiger partial charge in [-0.05, 0) is 6.26 Å². The smallest absolute Gasteiger partial charge is 0.226 e. The van der Waals surface area contributed by atoms with Crippen LogP contribution in [0.2, 0.25) is 0 Å². The summed E-state index contributed by atoms with van der Waals surface area (Å²) in [6.07, 6.45) is 3.90. The van der Waals surface area contributed by atoms with E-state index >= 15 is 0 Å². The lowest BCUT2D eigenvalue weighted by Gasteiger charge is -2.01. The molecular weight excluding hydrogens is 188 g/mol. The van der Waals surface area contributed by atoms with Gasteiger partial charge in [-0.25, -0.2) is 0 Å². The van der Waals surface area contributed by atoms with Crippen molar-refractivity contribution < 1.29 is 4.79 Å². The summed E-state index contributed by atoms with van der Waals surface area (Å²) in [4.78, 5) is 11.2. The van der Waals surface area contributed by atoms with Crippen LogP contribution in [0, 0.1) is 0 Å². The molecule has 72 valence electrons. The Morgan fingerprint density at radius 3 is 3.15 bits per heavy atom. The van der Waals surface area contributed by atoms with Gasteiger partial charge < -0.3 is 11.1 Å². The number of carbonyl (C=O) groups excluding carboxylic acids is 1. The van der Waals surface area contributed by atoms with Crippen LogP contribution in [0.15, 0.2) is 6.20 Å². The van der Waals surface area contributed by atoms with Crippen molar-refractivity contribution in [2.75, 3.05) is 23.1 Å². The fourth-order valence-corrected chi connectivity index (χ4v) is 1.18. The Bertz CT molecular complexity index is 286. The van der Waals surface area contributed by atoms with E-state index in [4.69, 9.17) is 5.73 Å². The highest BCUT2D eigenvalue weighted by Crippen LogP contribution is 2.12. The molecule has 0 aliphatic carbocycles. The molecule has 0 spiro atoms. The number of hydrogen-bond acceptors (Lipinski definition) is 4. The normalized spacial score (nSPS) is 9.92. The van der Waals surface area contributed by atoms with E-state index in [1.807, 2.05) is 6.26 Å². The van der Waals surface area contributed by atoms with E-state index in [-0.39, 0.29) is 5.91 Å². The van der Waals surface area contributed by atoms with Gasteiger partial charge in [-0.15, -0.1) is 0 Å². The summed E-state index contributed by atoms with van der Waals surface area (Å²) in [6.45, 7) is 0. The first-order valence-corrected chi connectivity index (χ1v) is 5.21. The molecule has 0 fully saturated rings. The van der Waals surface area contributed by atoms with Crippen LogP contribution in [0.1, 0.15) is 6.42 Å². The maximum absolute atomic E-state index is 11.2. The van der Waals surface area contributed by atoms with E-state index in [9.17, 15) is 4.79 Å². The van der Waals surface area contributed by atoms with E-state index < -0.39 is 0 Å². The third-order valence-corrected chi connectivity index (χ3v) is 2.08. The minimum absolute atomic E-state index is 0.0506. The zero-order valence-corrected chi connectivity index (χ0v) is 8.15. The average Bonchev–Trinajstić information content (AvgIpc) is 2.48. The Morgan fingerprint density at radius 1 is 1.85 bits per heavy atom. The summed E-state index contributed by atoms with van der Waals surface area (Å²) in [5.74, 6) is 1.23. The number of nitrogens with zero attached hydrogens (tertiary/aromatic N) is 1. The molecule has 0 unspecified atom stereocenters. The average molecular weight is 200 g/mol. The second-order valence-electron chi connectivity index (χ2n) is 2.49. The van der Waals surface area contributed by atoms with E-state index in [1.54, 1.807) is 11.8 Å². The summed E-state index contributed by atoms with van der Waals surface area (Å²) in [7, 11) is 0. The number of thioether (sulfide) groups is 1. The van der Waals surface area contributed by atoms with Gasteiger partial charge in [0.1, 0.15) is 0 Å². The van der Waals surface area contributed by atoms with Crippen molar-refractivity contribution in [3.63, 3.8) is 0 Å². The second kappa shape index (κ2) is 4.76. The van der Waals surface area contributed by atoms with Crippen LogP contribution in [0.5, 0.6) is 0 Å². The van der Waals surface area contributed by atoms with Crippen LogP contribution in [-0.2, 0) is 4.79 Å². The number of anilines is 2. The van der Waals surface area contributed by atoms with E-state index in [2.05, 4.69) is 15.5 Å². The highest BCUT2D eigenvalue weighted by atomic mass is 32.2. The fourth-order valence-electron chi connectivity index (χ4n) is 0.792. The fraction of sp³-hybridized carbons (Fsp3) is 0.429. The topological polar surface area (TPSA) is 83.8 Å². The summed E-state index contributed by atoms with van der Waals surface area (Å²) in [5.41, 5.74) is 5.96. The van der Waals surface area contributed by atoms with Gasteiger partial charge in [0.05, 0.1) is 11.9 Å². The van der Waals surface area contributed by atoms with Crippen molar-refractivity contribution in [2.24, 2.45) is 0 Å². The number of hydrogen-bond donors (Lipinski definition) is 3. The molecule has 0 aromatic carbocycles. The Kier molecular flexibility index (Phi) is 3.63. The molecule has 0 aliphatic heterocycles. The molecule has 1 aromatic heterocycles. The number of carbonyl (C=O) groups is 1. The first-order valence-electron chi connectivity index (χ1n) is 3.81. The first kappa shape index (κ1) is 9.91. The van der Waals surface area contributed by atoms with E-state index in [0.717, 1.165) is 5.75 Å². The van der Waals surface area contributed by atoms with Crippen molar-refractivity contribution in [1.82, 2.24) is 10.2 Å². The Hall–Kier alpha value is -1.17. The van der Waals surface area contributed by atoms with Crippen molar-refractivity contribution in [2.45, 2.75) is 6.42 Å². The van der Waals surface area contributed by atoms with Gasteiger partial charge in [-0.1, -0.05) is 0 Å². The third-order valence-electron chi connectivity index (χ3n) is 1.47. The largest absolute Gasteiger partial charge is 0.394 e. The van der Waals surface area contributed by atoms with Gasteiger partial charge in [0.15, 0.2) is 5.82 Å². The molecule has 1 amide bonds. The highest BCUT2D eigenvalue weighted by molar-refractivity contribution is 7.98. The van der Waals surface area contributed by atoms with Crippen LogP contribution in [0.3, 0.4) is 0 Å². The molecule has 0 bridgehead atoms. The predicted molar refractivity (Wildman–Crippen MR) is 54.6 cm³/mol. The number of amides is 1. The van der Waals surface area contributed by atoms with Crippen molar-refractivity contribution >= 4 is 29.2 Å². The minimum Gasteiger partial charge on any atom is -0.394 e. The van der Waals surface area contributed by atoms with Crippen LogP contribution in [0.25, 0.3) is 0 Å². The molecule has 13 heavy (non-hydrogen) atoms. The number of rotatable bonds is 4. The zero-order chi connectivity index (χ0) is 9.68. The number of nitrogen functional groups attached to an aromatic ring is 1. The number of aromatic nitrogens is 2. The second-order valence-corrected chi connectivity index (χ2v) is 3.48. The number of aromatic amines is 1. The van der Waals surface area contributed by atoms with Crippen LogP contribution >= 0.6 is 11.8 Å². The number of nitrogens with one attached hydrogen (secondary N) is 2. The molecule has 0 atom stereocenters. The predicted octanol–water partition coefficient (Wildman–Crippen LogP) is 0.683. The quantitative estimate of drug-likeness (QED) is 0.667. The molecule has 4 N–H and O–H groups in total. The van der Waals surface area contributed by atoms with Crippen LogP contribution < -0.4 is 11.1 Å². The molecule has 0 saturated carbocycles. The Morgan fingerprint density at radius 2 is 2.62 bits per heavy atom. The lowest BCUT2D eigenvalue weighted by Crippen LogP contribution is -2.13. The highest BCUT2D eigenvalue weighted by Gasteiger charge is 2.05. The molecule has 1 rings (SSSR count). The van der Waals surface area contributed by atoms with E-state index in [0.29, 0.717) is 17.9 Å². The summed E-state index contributed by atoms with van der Waals surface area (Å²) < 4.78 is 0. The van der Waals surface area contributed by atoms with Crippen LogP contribution in [0.4, 0.5) is 11.5 Å². The van der Waals surface area contributed by atoms with Crippen molar-refractivity contribution in [3.8, 4) is 0 Å². The van der Waals surface area contributed by atoms with Gasteiger partial charge in [0, 0.05) is 12.2 Å². The molecular formula is C7H12N4OS. The van der Waals surface area contributed by atoms with Gasteiger partial charge in [0.25, 0.3) is 0 Å². The molecule has 0 saturated heterocycles. The molecule has 1 aromatic rings. The lowest BCUT2D eigenvalue weighted by molar-refractivity contribution is -0.115. The summed E-state index contributed by atoms with van der Waals surface area (Å²) >= 11 is 1.63. The van der Waals surface area contributed by atoms with Gasteiger partial charge in [0.2, 0.25) is 5.91 Å². The van der Waals surface area contributed by atoms with Crippen molar-refractivity contribution in [3.05, 3.63) is 6.20 Å². The maximum atomic E-state index is 11.2. The van der Waals surface area contributed by atoms with Crippen molar-refractivity contribution in [1.29, 1.82) is 0 Å². The summed E-state index contributed by atoms with van der Waals surface area (Å²) in [6, 6.07) is 0. The Labute approximate surface area is 80.5 Å². The maximum Gasteiger partial charge on any atom is 0.226 e. The SMILES string of the molecule is CSCCC(=O)Nc1[nH]ncc1N. The zero-order valence-electron chi connectivity index (χ0n) is 7.33. The Balaban J connectivity index is 2.41. The van der Waals surface area contributed by atoms with Gasteiger partial charge >= 0.3 is 0 Å². The molecule has 5 nitrogen and oxygen atoms in total. The summed E-state index contributed by atoms with van der Waals surface area (Å²) in [5, 5.41) is 8.91. The lowest BCUT2D eigenvalue weighted by atomic mass is 10.4. The van der Waals surface area contributed by atoms with Crippen LogP contribution in [-0.4, -0.2) is 28.1 Å². The first-order chi connectivity index (χ1) is 6.24. The van der Waals surface area contributed by atoms with Gasteiger partial charge in [-0.3, -0.25) is 9.89 Å². The third kappa shape index (κ3) is 2.98. The molecule has 1 heterocycles. The minimum atomic E-state index is -0.0506. The monoisotopic (exact) mass is 200 g/mol. The molecule has 0 radical (unpaired) electrons. The number of H-pyrrole nitrogens is 1. The van der Waals surface area contributed by atoms with E-state index in [1.165, 1.54) is 6.20 Å². The molecule has 0 aliphatic rings.